The van der Waals surface area contributed by atoms with Crippen LogP contribution in [-0.4, -0.2) is 21.0 Å². The number of hydrogen-bond acceptors (Lipinski definition) is 5. The first-order chi connectivity index (χ1) is 12.0. The van der Waals surface area contributed by atoms with E-state index in [1.807, 2.05) is 24.3 Å². The fourth-order valence-electron chi connectivity index (χ4n) is 2.28. The molecular formula is C17H11BrN2O4S. The van der Waals surface area contributed by atoms with Gasteiger partial charge in [0.25, 0.3) is 16.8 Å². The van der Waals surface area contributed by atoms with Gasteiger partial charge in [-0.05, 0) is 47.2 Å². The van der Waals surface area contributed by atoms with Gasteiger partial charge >= 0.3 is 0 Å². The van der Waals surface area contributed by atoms with E-state index in [0.29, 0.717) is 10.5 Å². The molecular weight excluding hydrogens is 408 g/mol. The molecule has 0 aromatic heterocycles. The van der Waals surface area contributed by atoms with Crippen molar-refractivity contribution in [3.05, 3.63) is 79.2 Å². The molecule has 25 heavy (non-hydrogen) atoms. The Morgan fingerprint density at radius 3 is 2.44 bits per heavy atom. The molecule has 0 N–H and O–H groups in total. The van der Waals surface area contributed by atoms with Crippen LogP contribution in [0.4, 0.5) is 10.5 Å². The summed E-state index contributed by atoms with van der Waals surface area (Å²) in [4.78, 5) is 36.3. The third-order valence-electron chi connectivity index (χ3n) is 3.56. The normalized spacial score (nSPS) is 15.9. The van der Waals surface area contributed by atoms with E-state index >= 15 is 0 Å². The molecule has 0 saturated carbocycles. The summed E-state index contributed by atoms with van der Waals surface area (Å²) in [5.74, 6) is -0.371. The lowest BCUT2D eigenvalue weighted by Gasteiger charge is -2.13. The standard InChI is InChI=1S/C17H11BrN2O4S/c18-14-4-2-1-3-12(14)10-19-16(21)15(25-17(19)22)9-11-5-7-13(8-6-11)20(23)24/h1-9H,10H2/b15-9+. The van der Waals surface area contributed by atoms with Crippen LogP contribution in [0.1, 0.15) is 11.1 Å². The second-order valence-corrected chi connectivity index (χ2v) is 7.06. The highest BCUT2D eigenvalue weighted by Gasteiger charge is 2.35. The van der Waals surface area contributed by atoms with Gasteiger partial charge in [0.05, 0.1) is 16.4 Å². The number of hydrogen-bond donors (Lipinski definition) is 0. The molecule has 126 valence electrons. The Bertz CT molecular complexity index is 896. The number of carbonyl (C=O) groups excluding carboxylic acids is 2. The van der Waals surface area contributed by atoms with E-state index in [9.17, 15) is 19.7 Å². The Balaban J connectivity index is 1.81. The van der Waals surface area contributed by atoms with E-state index in [0.717, 1.165) is 21.8 Å². The molecule has 0 bridgehead atoms. The van der Waals surface area contributed by atoms with E-state index in [1.165, 1.54) is 17.0 Å². The second kappa shape index (κ2) is 7.20. The van der Waals surface area contributed by atoms with E-state index in [1.54, 1.807) is 18.2 Å². The van der Waals surface area contributed by atoms with Gasteiger partial charge in [-0.3, -0.25) is 24.6 Å². The van der Waals surface area contributed by atoms with Crippen LogP contribution in [0.25, 0.3) is 6.08 Å². The highest BCUT2D eigenvalue weighted by molar-refractivity contribution is 9.10. The molecule has 0 spiro atoms. The first-order valence-corrected chi connectivity index (χ1v) is 8.80. The molecule has 0 radical (unpaired) electrons. The summed E-state index contributed by atoms with van der Waals surface area (Å²) in [7, 11) is 0. The number of amides is 2. The van der Waals surface area contributed by atoms with Gasteiger partial charge in [-0.25, -0.2) is 0 Å². The van der Waals surface area contributed by atoms with Crippen LogP contribution in [0.5, 0.6) is 0 Å². The number of carbonyl (C=O) groups is 2. The molecule has 1 fully saturated rings. The molecule has 0 unspecified atom stereocenters. The zero-order chi connectivity index (χ0) is 18.0. The average molecular weight is 419 g/mol. The summed E-state index contributed by atoms with van der Waals surface area (Å²) in [5, 5.41) is 10.3. The lowest BCUT2D eigenvalue weighted by atomic mass is 10.2. The molecule has 2 aromatic rings. The summed E-state index contributed by atoms with van der Waals surface area (Å²) in [5.41, 5.74) is 1.43. The largest absolute Gasteiger partial charge is 0.293 e. The SMILES string of the molecule is O=C1S/C(=C/c2ccc([N+](=O)[O-])cc2)C(=O)N1Cc1ccccc1Br. The summed E-state index contributed by atoms with van der Waals surface area (Å²) in [6.07, 6.45) is 1.56. The molecule has 1 aliphatic heterocycles. The fraction of sp³-hybridized carbons (Fsp3) is 0.0588. The fourth-order valence-corrected chi connectivity index (χ4v) is 3.53. The van der Waals surface area contributed by atoms with Crippen molar-refractivity contribution in [3.8, 4) is 0 Å². The molecule has 8 heteroatoms. The lowest BCUT2D eigenvalue weighted by molar-refractivity contribution is -0.384. The Hall–Kier alpha value is -2.45. The van der Waals surface area contributed by atoms with Crippen molar-refractivity contribution >= 4 is 50.6 Å². The predicted molar refractivity (Wildman–Crippen MR) is 98.8 cm³/mol. The van der Waals surface area contributed by atoms with Gasteiger partial charge in [0.2, 0.25) is 0 Å². The number of nitro benzene ring substituents is 1. The molecule has 1 heterocycles. The minimum atomic E-state index is -0.491. The van der Waals surface area contributed by atoms with Crippen LogP contribution in [0.3, 0.4) is 0 Å². The van der Waals surface area contributed by atoms with Crippen molar-refractivity contribution in [2.75, 3.05) is 0 Å². The maximum absolute atomic E-state index is 12.5. The number of rotatable bonds is 4. The highest BCUT2D eigenvalue weighted by Crippen LogP contribution is 2.34. The molecule has 1 aliphatic rings. The van der Waals surface area contributed by atoms with Gasteiger partial charge in [-0.2, -0.15) is 0 Å². The zero-order valence-electron chi connectivity index (χ0n) is 12.7. The third kappa shape index (κ3) is 3.80. The van der Waals surface area contributed by atoms with Crippen molar-refractivity contribution in [2.45, 2.75) is 6.54 Å². The number of halogens is 1. The Labute approximate surface area is 155 Å². The molecule has 6 nitrogen and oxygen atoms in total. The van der Waals surface area contributed by atoms with Gasteiger partial charge in [-0.1, -0.05) is 34.1 Å². The number of thioether (sulfide) groups is 1. The Morgan fingerprint density at radius 1 is 1.12 bits per heavy atom. The first kappa shape index (κ1) is 17.4. The van der Waals surface area contributed by atoms with Gasteiger partial charge in [-0.15, -0.1) is 0 Å². The van der Waals surface area contributed by atoms with Gasteiger partial charge in [0.15, 0.2) is 0 Å². The van der Waals surface area contributed by atoms with E-state index in [-0.39, 0.29) is 23.4 Å². The quantitative estimate of drug-likeness (QED) is 0.411. The number of imide groups is 1. The highest BCUT2D eigenvalue weighted by atomic mass is 79.9. The third-order valence-corrected chi connectivity index (χ3v) is 5.24. The molecule has 0 atom stereocenters. The van der Waals surface area contributed by atoms with Crippen LogP contribution < -0.4 is 0 Å². The van der Waals surface area contributed by atoms with Crippen molar-refractivity contribution in [1.82, 2.24) is 4.90 Å². The van der Waals surface area contributed by atoms with Crippen LogP contribution in [0, 0.1) is 10.1 Å². The van der Waals surface area contributed by atoms with E-state index in [2.05, 4.69) is 15.9 Å². The number of non-ortho nitro benzene ring substituents is 1. The van der Waals surface area contributed by atoms with Crippen molar-refractivity contribution in [3.63, 3.8) is 0 Å². The number of nitrogens with zero attached hydrogens (tertiary/aromatic N) is 2. The van der Waals surface area contributed by atoms with Gasteiger partial charge in [0.1, 0.15) is 0 Å². The molecule has 1 saturated heterocycles. The summed E-state index contributed by atoms with van der Waals surface area (Å²) in [6.45, 7) is 0.184. The topological polar surface area (TPSA) is 80.5 Å². The van der Waals surface area contributed by atoms with Crippen molar-refractivity contribution < 1.29 is 14.5 Å². The molecule has 2 amide bonds. The minimum absolute atomic E-state index is 0.0285. The van der Waals surface area contributed by atoms with Gasteiger partial charge in [0, 0.05) is 16.6 Å². The maximum Gasteiger partial charge on any atom is 0.293 e. The Kier molecular flexibility index (Phi) is 5.00. The summed E-state index contributed by atoms with van der Waals surface area (Å²) >= 11 is 4.27. The molecule has 2 aromatic carbocycles. The monoisotopic (exact) mass is 418 g/mol. The minimum Gasteiger partial charge on any atom is -0.268 e. The van der Waals surface area contributed by atoms with Crippen LogP contribution in [0.15, 0.2) is 57.9 Å². The van der Waals surface area contributed by atoms with Gasteiger partial charge < -0.3 is 0 Å². The van der Waals surface area contributed by atoms with Crippen LogP contribution in [-0.2, 0) is 11.3 Å². The van der Waals surface area contributed by atoms with Crippen molar-refractivity contribution in [1.29, 1.82) is 0 Å². The lowest BCUT2D eigenvalue weighted by Crippen LogP contribution is -2.27. The number of benzene rings is 2. The second-order valence-electron chi connectivity index (χ2n) is 5.21. The first-order valence-electron chi connectivity index (χ1n) is 7.19. The average Bonchev–Trinajstić information content (AvgIpc) is 2.85. The zero-order valence-corrected chi connectivity index (χ0v) is 15.1. The van der Waals surface area contributed by atoms with Crippen molar-refractivity contribution in [2.24, 2.45) is 0 Å². The number of nitro groups is 1. The van der Waals surface area contributed by atoms with E-state index < -0.39 is 4.92 Å². The summed E-state index contributed by atoms with van der Waals surface area (Å²) < 4.78 is 0.827. The maximum atomic E-state index is 12.5. The van der Waals surface area contributed by atoms with Crippen LogP contribution >= 0.6 is 27.7 Å². The smallest absolute Gasteiger partial charge is 0.268 e. The Morgan fingerprint density at radius 2 is 1.80 bits per heavy atom. The predicted octanol–water partition coefficient (Wildman–Crippen LogP) is 4.59. The summed E-state index contributed by atoms with van der Waals surface area (Å²) in [6, 6.07) is 13.2. The van der Waals surface area contributed by atoms with Crippen LogP contribution in [0.2, 0.25) is 0 Å². The van der Waals surface area contributed by atoms with E-state index in [4.69, 9.17) is 0 Å². The molecule has 0 aliphatic carbocycles. The molecule has 3 rings (SSSR count).